The molecule has 3 nitrogen and oxygen atoms in total. The molecule has 0 aromatic rings. The van der Waals surface area contributed by atoms with E-state index in [1.165, 1.54) is 0 Å². The third kappa shape index (κ3) is 4.33. The molecule has 0 radical (unpaired) electrons. The van der Waals surface area contributed by atoms with Gasteiger partial charge in [-0.1, -0.05) is 6.58 Å². The Bertz CT molecular complexity index is 244. The van der Waals surface area contributed by atoms with Crippen LogP contribution in [0.2, 0.25) is 0 Å². The monoisotopic (exact) mass is 179 g/mol. The maximum absolute atomic E-state index is 11.9. The van der Waals surface area contributed by atoms with Crippen LogP contribution in [0.5, 0.6) is 0 Å². The zero-order chi connectivity index (χ0) is 9.78. The van der Waals surface area contributed by atoms with Crippen molar-refractivity contribution in [2.75, 3.05) is 0 Å². The van der Waals surface area contributed by atoms with Gasteiger partial charge in [0.15, 0.2) is 6.07 Å². The Labute approximate surface area is 66.0 Å². The Morgan fingerprint density at radius 3 is 2.50 bits per heavy atom. The van der Waals surface area contributed by atoms with Crippen LogP contribution in [0.25, 0.3) is 0 Å². The van der Waals surface area contributed by atoms with E-state index in [-0.39, 0.29) is 0 Å². The van der Waals surface area contributed by atoms with Crippen molar-refractivity contribution in [3.8, 4) is 6.07 Å². The molecule has 0 bridgehead atoms. The second kappa shape index (κ2) is 3.76. The number of halogens is 3. The van der Waals surface area contributed by atoms with Crippen LogP contribution in [-0.4, -0.2) is 12.1 Å². The molecule has 0 aromatic carbocycles. The van der Waals surface area contributed by atoms with Crippen LogP contribution >= 0.6 is 0 Å². The lowest BCUT2D eigenvalue weighted by molar-refractivity contribution is -0.203. The van der Waals surface area contributed by atoms with E-state index in [4.69, 9.17) is 5.26 Å². The molecule has 0 saturated heterocycles. The van der Waals surface area contributed by atoms with Gasteiger partial charge in [0.1, 0.15) is 5.83 Å². The number of carbonyl (C=O) groups excluding carboxylic acids is 1. The molecule has 6 heteroatoms. The summed E-state index contributed by atoms with van der Waals surface area (Å²) in [6.07, 6.45) is -5.18. The van der Waals surface area contributed by atoms with E-state index in [1.54, 1.807) is 0 Å². The number of hydrogen-bond donors (Lipinski definition) is 0. The van der Waals surface area contributed by atoms with Crippen molar-refractivity contribution < 1.29 is 22.7 Å². The van der Waals surface area contributed by atoms with Gasteiger partial charge in [-0.25, -0.2) is 4.39 Å². The van der Waals surface area contributed by atoms with Crippen molar-refractivity contribution in [3.63, 3.8) is 0 Å². The van der Waals surface area contributed by atoms with Crippen molar-refractivity contribution in [1.29, 1.82) is 5.26 Å². The highest BCUT2D eigenvalue weighted by Gasteiger charge is 2.33. The summed E-state index contributed by atoms with van der Waals surface area (Å²) >= 11 is 0. The molecule has 0 atom stereocenters. The molecular formula is C6H4F3NO2. The molecule has 0 aliphatic rings. The SMILES string of the molecule is C=C(F)CC(=O)OC(F)(F)C#N. The number of hydrogen-bond acceptors (Lipinski definition) is 3. The molecule has 0 aromatic heterocycles. The van der Waals surface area contributed by atoms with Crippen molar-refractivity contribution in [3.05, 3.63) is 12.4 Å². The van der Waals surface area contributed by atoms with E-state index in [1.807, 2.05) is 0 Å². The summed E-state index contributed by atoms with van der Waals surface area (Å²) in [5, 5.41) is 7.68. The summed E-state index contributed by atoms with van der Waals surface area (Å²) < 4.78 is 38.9. The minimum Gasteiger partial charge on any atom is -0.389 e. The van der Waals surface area contributed by atoms with E-state index in [0.29, 0.717) is 6.07 Å². The van der Waals surface area contributed by atoms with Crippen LogP contribution in [0.4, 0.5) is 13.2 Å². The number of esters is 1. The Balaban J connectivity index is 4.03. The van der Waals surface area contributed by atoms with E-state index in [9.17, 15) is 18.0 Å². The van der Waals surface area contributed by atoms with Crippen LogP contribution in [-0.2, 0) is 9.53 Å². The summed E-state index contributed by atoms with van der Waals surface area (Å²) in [6.45, 7) is 2.66. The Hall–Kier alpha value is -1.51. The quantitative estimate of drug-likeness (QED) is 0.617. The first-order valence-electron chi connectivity index (χ1n) is 2.71. The summed E-state index contributed by atoms with van der Waals surface area (Å²) in [6, 6.07) is 0.417. The summed E-state index contributed by atoms with van der Waals surface area (Å²) in [5.41, 5.74) is 0. The number of ether oxygens (including phenoxy) is 1. The number of carbonyl (C=O) groups is 1. The average molecular weight is 179 g/mol. The molecule has 66 valence electrons. The van der Waals surface area contributed by atoms with E-state index < -0.39 is 24.3 Å². The van der Waals surface area contributed by atoms with Gasteiger partial charge >= 0.3 is 12.1 Å². The van der Waals surface area contributed by atoms with Crippen LogP contribution in [0, 0.1) is 11.3 Å². The van der Waals surface area contributed by atoms with Crippen LogP contribution in [0.1, 0.15) is 6.42 Å². The number of alkyl halides is 2. The highest BCUT2D eigenvalue weighted by molar-refractivity contribution is 5.72. The average Bonchev–Trinajstić information content (AvgIpc) is 1.84. The molecule has 0 rings (SSSR count). The fourth-order valence-electron chi connectivity index (χ4n) is 0.358. The van der Waals surface area contributed by atoms with Crippen molar-refractivity contribution in [2.45, 2.75) is 12.5 Å². The van der Waals surface area contributed by atoms with Gasteiger partial charge in [0, 0.05) is 0 Å². The highest BCUT2D eigenvalue weighted by Crippen LogP contribution is 2.15. The fourth-order valence-corrected chi connectivity index (χ4v) is 0.358. The molecule has 0 aliphatic carbocycles. The van der Waals surface area contributed by atoms with Gasteiger partial charge in [-0.05, 0) is 0 Å². The molecule has 0 saturated carbocycles. The van der Waals surface area contributed by atoms with Gasteiger partial charge in [-0.2, -0.15) is 5.26 Å². The second-order valence-corrected chi connectivity index (χ2v) is 1.80. The summed E-state index contributed by atoms with van der Waals surface area (Å²) in [7, 11) is 0. The minimum absolute atomic E-state index is 0.417. The molecule has 0 unspecified atom stereocenters. The highest BCUT2D eigenvalue weighted by atomic mass is 19.3. The molecule has 0 spiro atoms. The zero-order valence-corrected chi connectivity index (χ0v) is 5.81. The largest absolute Gasteiger partial charge is 0.496 e. The lowest BCUT2D eigenvalue weighted by Gasteiger charge is -2.06. The van der Waals surface area contributed by atoms with E-state index in [0.717, 1.165) is 0 Å². The van der Waals surface area contributed by atoms with Gasteiger partial charge in [0.2, 0.25) is 0 Å². The smallest absolute Gasteiger partial charge is 0.389 e. The topological polar surface area (TPSA) is 50.1 Å². The third-order valence-corrected chi connectivity index (χ3v) is 0.708. The van der Waals surface area contributed by atoms with Gasteiger partial charge < -0.3 is 4.74 Å². The molecular weight excluding hydrogens is 175 g/mol. The van der Waals surface area contributed by atoms with Crippen LogP contribution in [0.3, 0.4) is 0 Å². The van der Waals surface area contributed by atoms with Crippen molar-refractivity contribution >= 4 is 5.97 Å². The first-order valence-corrected chi connectivity index (χ1v) is 2.71. The van der Waals surface area contributed by atoms with Crippen LogP contribution in [0.15, 0.2) is 12.4 Å². The van der Waals surface area contributed by atoms with Gasteiger partial charge in [0.05, 0.1) is 6.42 Å². The molecule has 0 amide bonds. The molecule has 0 heterocycles. The zero-order valence-electron chi connectivity index (χ0n) is 5.81. The fraction of sp³-hybridized carbons (Fsp3) is 0.333. The van der Waals surface area contributed by atoms with E-state index in [2.05, 4.69) is 11.3 Å². The maximum Gasteiger partial charge on any atom is 0.496 e. The van der Waals surface area contributed by atoms with Gasteiger partial charge in [-0.3, -0.25) is 4.79 Å². The maximum atomic E-state index is 11.9. The standard InChI is InChI=1S/C6H4F3NO2/c1-4(7)2-5(11)12-6(8,9)3-10/h1-2H2. The first-order chi connectivity index (χ1) is 5.37. The number of nitrogens with zero attached hydrogens (tertiary/aromatic N) is 1. The number of nitriles is 1. The normalized spacial score (nSPS) is 10.2. The Morgan fingerprint density at radius 1 is 1.67 bits per heavy atom. The van der Waals surface area contributed by atoms with Crippen molar-refractivity contribution in [1.82, 2.24) is 0 Å². The lowest BCUT2D eigenvalue weighted by atomic mass is 10.4. The third-order valence-electron chi connectivity index (χ3n) is 0.708. The molecule has 12 heavy (non-hydrogen) atoms. The Kier molecular flexibility index (Phi) is 3.29. The van der Waals surface area contributed by atoms with Gasteiger partial charge in [0.25, 0.3) is 0 Å². The molecule has 0 fully saturated rings. The molecule has 0 N–H and O–H groups in total. The lowest BCUT2D eigenvalue weighted by Crippen LogP contribution is -2.22. The minimum atomic E-state index is -4.20. The van der Waals surface area contributed by atoms with Gasteiger partial charge in [-0.15, -0.1) is 8.78 Å². The molecule has 0 aliphatic heterocycles. The second-order valence-electron chi connectivity index (χ2n) is 1.80. The summed E-state index contributed by atoms with van der Waals surface area (Å²) in [5.74, 6) is -2.64. The Morgan fingerprint density at radius 2 is 2.17 bits per heavy atom. The number of rotatable bonds is 3. The van der Waals surface area contributed by atoms with E-state index >= 15 is 0 Å². The summed E-state index contributed by atoms with van der Waals surface area (Å²) in [4.78, 5) is 10.3. The predicted octanol–water partition coefficient (Wildman–Crippen LogP) is 1.52. The predicted molar refractivity (Wildman–Crippen MR) is 31.5 cm³/mol. The van der Waals surface area contributed by atoms with Crippen molar-refractivity contribution in [2.24, 2.45) is 0 Å². The van der Waals surface area contributed by atoms with Crippen LogP contribution < -0.4 is 0 Å². The first kappa shape index (κ1) is 10.5.